The molecule has 0 aromatic heterocycles. The van der Waals surface area contributed by atoms with Gasteiger partial charge in [0.25, 0.3) is 0 Å². The van der Waals surface area contributed by atoms with E-state index in [1.165, 1.54) is 14.7 Å². The fourth-order valence-electron chi connectivity index (χ4n) is 2.74. The maximum absolute atomic E-state index is 12.8. The molecule has 1 heterocycles. The molecule has 6 nitrogen and oxygen atoms in total. The Kier molecular flexibility index (Phi) is 6.76. The molecule has 0 radical (unpaired) electrons. The van der Waals surface area contributed by atoms with Crippen LogP contribution in [0.1, 0.15) is 27.7 Å². The van der Waals surface area contributed by atoms with Crippen LogP contribution in [0.4, 0.5) is 5.69 Å². The van der Waals surface area contributed by atoms with Crippen molar-refractivity contribution in [3.05, 3.63) is 29.3 Å². The molecule has 1 saturated heterocycles. The summed E-state index contributed by atoms with van der Waals surface area (Å²) in [4.78, 5) is 42.3. The zero-order chi connectivity index (χ0) is 20.4. The number of amides is 3. The van der Waals surface area contributed by atoms with Crippen molar-refractivity contribution in [1.82, 2.24) is 9.80 Å². The van der Waals surface area contributed by atoms with Gasteiger partial charge in [0.15, 0.2) is 0 Å². The second kappa shape index (κ2) is 8.48. The fraction of sp³-hybridized carbons (Fsp3) is 0.526. The Morgan fingerprint density at radius 3 is 2.33 bits per heavy atom. The van der Waals surface area contributed by atoms with Gasteiger partial charge in [0.1, 0.15) is 19.8 Å². The SMILES string of the molecule is CC(C)N(CC(=O)N1CC(=O)N(c2ccc(Cl)cc2)C1)C(=O)C(C)(C)CCl. The number of hydrogen-bond donors (Lipinski definition) is 0. The first-order valence-electron chi connectivity index (χ1n) is 8.77. The number of nitrogens with zero attached hydrogens (tertiary/aromatic N) is 3. The van der Waals surface area contributed by atoms with Crippen molar-refractivity contribution in [3.8, 4) is 0 Å². The first kappa shape index (κ1) is 21.5. The molecule has 148 valence electrons. The Hall–Kier alpha value is -1.79. The molecule has 0 atom stereocenters. The summed E-state index contributed by atoms with van der Waals surface area (Å²) in [5, 5.41) is 0.575. The monoisotopic (exact) mass is 413 g/mol. The largest absolute Gasteiger partial charge is 0.330 e. The smallest absolute Gasteiger partial charge is 0.248 e. The molecule has 1 aliphatic rings. The highest BCUT2D eigenvalue weighted by atomic mass is 35.5. The van der Waals surface area contributed by atoms with Crippen LogP contribution in [0.25, 0.3) is 0 Å². The van der Waals surface area contributed by atoms with Gasteiger partial charge < -0.3 is 9.80 Å². The lowest BCUT2D eigenvalue weighted by atomic mass is 9.93. The number of hydrogen-bond acceptors (Lipinski definition) is 3. The van der Waals surface area contributed by atoms with Crippen LogP contribution in [-0.2, 0) is 14.4 Å². The first-order chi connectivity index (χ1) is 12.6. The Bertz CT molecular complexity index is 719. The summed E-state index contributed by atoms with van der Waals surface area (Å²) in [5.74, 6) is -0.460. The van der Waals surface area contributed by atoms with Crippen molar-refractivity contribution in [2.24, 2.45) is 5.41 Å². The second-order valence-corrected chi connectivity index (χ2v) is 8.28. The number of halogens is 2. The third-order valence-electron chi connectivity index (χ3n) is 4.53. The van der Waals surface area contributed by atoms with Crippen molar-refractivity contribution in [2.45, 2.75) is 33.7 Å². The van der Waals surface area contributed by atoms with Gasteiger partial charge in [0.05, 0.1) is 5.41 Å². The first-order valence-corrected chi connectivity index (χ1v) is 9.69. The summed E-state index contributed by atoms with van der Waals surface area (Å²) in [5.41, 5.74) is -0.0813. The van der Waals surface area contributed by atoms with Crippen molar-refractivity contribution in [1.29, 1.82) is 0 Å². The highest BCUT2D eigenvalue weighted by Gasteiger charge is 2.37. The number of rotatable bonds is 6. The van der Waals surface area contributed by atoms with E-state index >= 15 is 0 Å². The Morgan fingerprint density at radius 2 is 1.81 bits per heavy atom. The van der Waals surface area contributed by atoms with Gasteiger partial charge in [-0.15, -0.1) is 11.6 Å². The quantitative estimate of drug-likeness (QED) is 0.673. The number of anilines is 1. The molecule has 1 aliphatic heterocycles. The van der Waals surface area contributed by atoms with Crippen LogP contribution in [-0.4, -0.2) is 59.2 Å². The molecule has 8 heteroatoms. The molecule has 0 unspecified atom stereocenters. The van der Waals surface area contributed by atoms with E-state index in [9.17, 15) is 14.4 Å². The van der Waals surface area contributed by atoms with E-state index in [-0.39, 0.29) is 49.4 Å². The molecule has 1 fully saturated rings. The summed E-state index contributed by atoms with van der Waals surface area (Å²) >= 11 is 11.8. The van der Waals surface area contributed by atoms with Crippen molar-refractivity contribution >= 4 is 46.6 Å². The normalized spacial score (nSPS) is 14.9. The summed E-state index contributed by atoms with van der Waals surface area (Å²) in [7, 11) is 0. The van der Waals surface area contributed by atoms with E-state index in [2.05, 4.69) is 0 Å². The Morgan fingerprint density at radius 1 is 1.22 bits per heavy atom. The van der Waals surface area contributed by atoms with Gasteiger partial charge in [-0.25, -0.2) is 0 Å². The second-order valence-electron chi connectivity index (χ2n) is 7.58. The predicted molar refractivity (Wildman–Crippen MR) is 107 cm³/mol. The van der Waals surface area contributed by atoms with Crippen LogP contribution in [0.15, 0.2) is 24.3 Å². The molecular weight excluding hydrogens is 389 g/mol. The lowest BCUT2D eigenvalue weighted by molar-refractivity contribution is -0.146. The van der Waals surface area contributed by atoms with Gasteiger partial charge >= 0.3 is 0 Å². The lowest BCUT2D eigenvalue weighted by Crippen LogP contribution is -2.50. The molecule has 27 heavy (non-hydrogen) atoms. The zero-order valence-electron chi connectivity index (χ0n) is 16.0. The summed E-state index contributed by atoms with van der Waals surface area (Å²) in [6, 6.07) is 6.71. The third kappa shape index (κ3) is 4.93. The molecule has 1 aromatic rings. The molecule has 3 amide bonds. The average Bonchev–Trinajstić information content (AvgIpc) is 3.01. The van der Waals surface area contributed by atoms with Crippen LogP contribution in [0, 0.1) is 5.41 Å². The predicted octanol–water partition coefficient (Wildman–Crippen LogP) is 2.97. The van der Waals surface area contributed by atoms with Crippen molar-refractivity contribution in [2.75, 3.05) is 30.5 Å². The van der Waals surface area contributed by atoms with Gasteiger partial charge in [-0.3, -0.25) is 19.3 Å². The number of alkyl halides is 1. The molecule has 2 rings (SSSR count). The molecule has 0 bridgehead atoms. The Labute approximate surface area is 170 Å². The molecule has 0 saturated carbocycles. The van der Waals surface area contributed by atoms with E-state index in [4.69, 9.17) is 23.2 Å². The van der Waals surface area contributed by atoms with Crippen molar-refractivity contribution < 1.29 is 14.4 Å². The molecular formula is C19H25Cl2N3O3. The van der Waals surface area contributed by atoms with E-state index in [1.54, 1.807) is 38.1 Å². The minimum absolute atomic E-state index is 0.0134. The topological polar surface area (TPSA) is 60.9 Å². The van der Waals surface area contributed by atoms with Crippen molar-refractivity contribution in [3.63, 3.8) is 0 Å². The number of carbonyl (C=O) groups is 3. The minimum atomic E-state index is -0.762. The molecule has 0 N–H and O–H groups in total. The Balaban J connectivity index is 2.09. The highest BCUT2D eigenvalue weighted by molar-refractivity contribution is 6.30. The molecule has 0 spiro atoms. The van der Waals surface area contributed by atoms with Crippen LogP contribution < -0.4 is 4.90 Å². The standard InChI is InChI=1S/C19H25Cl2N3O3/c1-13(2)23(18(27)19(3,4)11-20)10-16(25)22-9-17(26)24(12-22)15-7-5-14(21)6-8-15/h5-8,13H,9-12H2,1-4H3. The number of benzene rings is 1. The maximum atomic E-state index is 12.8. The van der Waals surface area contributed by atoms with Crippen LogP contribution in [0.3, 0.4) is 0 Å². The lowest BCUT2D eigenvalue weighted by Gasteiger charge is -2.34. The third-order valence-corrected chi connectivity index (χ3v) is 5.45. The van der Waals surface area contributed by atoms with Gasteiger partial charge in [-0.05, 0) is 52.0 Å². The average molecular weight is 414 g/mol. The van der Waals surface area contributed by atoms with Gasteiger partial charge in [0, 0.05) is 22.6 Å². The number of carbonyl (C=O) groups excluding carboxylic acids is 3. The molecule has 0 aliphatic carbocycles. The summed E-state index contributed by atoms with van der Waals surface area (Å²) < 4.78 is 0. The van der Waals surface area contributed by atoms with E-state index in [0.29, 0.717) is 10.7 Å². The fourth-order valence-corrected chi connectivity index (χ4v) is 2.98. The summed E-state index contributed by atoms with van der Waals surface area (Å²) in [6.45, 7) is 7.26. The maximum Gasteiger partial charge on any atom is 0.248 e. The van der Waals surface area contributed by atoms with Gasteiger partial charge in [-0.2, -0.15) is 0 Å². The van der Waals surface area contributed by atoms with E-state index in [1.807, 2.05) is 13.8 Å². The van der Waals surface area contributed by atoms with E-state index in [0.717, 1.165) is 0 Å². The van der Waals surface area contributed by atoms with Crippen LogP contribution in [0.2, 0.25) is 5.02 Å². The van der Waals surface area contributed by atoms with Gasteiger partial charge in [-0.1, -0.05) is 11.6 Å². The van der Waals surface area contributed by atoms with Crippen LogP contribution in [0.5, 0.6) is 0 Å². The summed E-state index contributed by atoms with van der Waals surface area (Å²) in [6.07, 6.45) is 0. The van der Waals surface area contributed by atoms with E-state index < -0.39 is 5.41 Å². The minimum Gasteiger partial charge on any atom is -0.330 e. The molecule has 1 aromatic carbocycles. The highest BCUT2D eigenvalue weighted by Crippen LogP contribution is 2.24. The van der Waals surface area contributed by atoms with Gasteiger partial charge in [0.2, 0.25) is 17.7 Å². The zero-order valence-corrected chi connectivity index (χ0v) is 17.5. The van der Waals surface area contributed by atoms with Crippen LogP contribution >= 0.6 is 23.2 Å².